The fraction of sp³-hybridized carbons (Fsp3) is 0.353. The van der Waals surface area contributed by atoms with Gasteiger partial charge in [-0.3, -0.25) is 9.88 Å². The molecule has 1 N–H and O–H groups in total. The van der Waals surface area contributed by atoms with Crippen molar-refractivity contribution in [3.8, 4) is 5.75 Å². The molecule has 1 atom stereocenters. The predicted octanol–water partition coefficient (Wildman–Crippen LogP) is 3.31. The van der Waals surface area contributed by atoms with Gasteiger partial charge in [0.15, 0.2) is 0 Å². The molecule has 1 aliphatic heterocycles. The van der Waals surface area contributed by atoms with E-state index in [2.05, 4.69) is 21.3 Å². The number of methoxy groups -OCH3 is 1. The van der Waals surface area contributed by atoms with Gasteiger partial charge >= 0.3 is 0 Å². The van der Waals surface area contributed by atoms with Gasteiger partial charge in [0, 0.05) is 49.6 Å². The molecule has 3 rings (SSSR count). The molecule has 1 fully saturated rings. The van der Waals surface area contributed by atoms with Crippen LogP contribution in [0.25, 0.3) is 0 Å². The van der Waals surface area contributed by atoms with Crippen LogP contribution < -0.4 is 10.1 Å². The third kappa shape index (κ3) is 4.36. The zero-order chi connectivity index (χ0) is 15.4. The van der Waals surface area contributed by atoms with E-state index in [1.807, 2.05) is 36.7 Å². The highest BCUT2D eigenvalue weighted by atomic mass is 35.5. The number of aromatic nitrogens is 1. The van der Waals surface area contributed by atoms with Crippen molar-refractivity contribution in [2.75, 3.05) is 26.7 Å². The van der Waals surface area contributed by atoms with Crippen LogP contribution in [0.3, 0.4) is 0 Å². The van der Waals surface area contributed by atoms with Gasteiger partial charge in [0.1, 0.15) is 5.75 Å². The van der Waals surface area contributed by atoms with Crippen molar-refractivity contribution >= 4 is 24.0 Å². The molecule has 1 aromatic heterocycles. The van der Waals surface area contributed by atoms with E-state index >= 15 is 0 Å². The number of ether oxygens (including phenoxy) is 1. The topological polar surface area (TPSA) is 37.4 Å². The summed E-state index contributed by atoms with van der Waals surface area (Å²) in [4.78, 5) is 6.69. The van der Waals surface area contributed by atoms with Crippen LogP contribution in [-0.4, -0.2) is 36.6 Å². The molecule has 2 aromatic rings. The third-order valence-corrected chi connectivity index (χ3v) is 4.41. The second-order valence-corrected chi connectivity index (χ2v) is 5.84. The highest BCUT2D eigenvalue weighted by Crippen LogP contribution is 2.28. The second-order valence-electron chi connectivity index (χ2n) is 5.43. The molecule has 0 radical (unpaired) electrons. The number of piperazine rings is 1. The normalized spacial score (nSPS) is 18.3. The summed E-state index contributed by atoms with van der Waals surface area (Å²) in [5.74, 6) is 0.790. The summed E-state index contributed by atoms with van der Waals surface area (Å²) in [6.45, 7) is 3.73. The van der Waals surface area contributed by atoms with Gasteiger partial charge in [0.2, 0.25) is 0 Å². The van der Waals surface area contributed by atoms with Crippen LogP contribution in [0.4, 0.5) is 0 Å². The number of hydrogen-bond donors (Lipinski definition) is 1. The molecule has 1 aromatic carbocycles. The van der Waals surface area contributed by atoms with Crippen molar-refractivity contribution in [1.82, 2.24) is 15.2 Å². The predicted molar refractivity (Wildman–Crippen MR) is 95.5 cm³/mol. The summed E-state index contributed by atoms with van der Waals surface area (Å²) in [7, 11) is 1.65. The van der Waals surface area contributed by atoms with E-state index < -0.39 is 0 Å². The second kappa shape index (κ2) is 8.50. The van der Waals surface area contributed by atoms with E-state index in [-0.39, 0.29) is 12.4 Å². The molecule has 1 aliphatic rings. The maximum atomic E-state index is 6.39. The molecular weight excluding hydrogens is 333 g/mol. The van der Waals surface area contributed by atoms with Gasteiger partial charge in [-0.2, -0.15) is 0 Å². The molecule has 124 valence electrons. The molecule has 0 bridgehead atoms. The number of halogens is 2. The molecule has 1 unspecified atom stereocenters. The minimum atomic E-state index is 0. The Morgan fingerprint density at radius 1 is 1.39 bits per heavy atom. The lowest BCUT2D eigenvalue weighted by atomic mass is 10.0. The van der Waals surface area contributed by atoms with Crippen molar-refractivity contribution < 1.29 is 4.74 Å². The molecule has 2 heterocycles. The van der Waals surface area contributed by atoms with Gasteiger partial charge < -0.3 is 10.1 Å². The Morgan fingerprint density at radius 2 is 2.26 bits per heavy atom. The monoisotopic (exact) mass is 353 g/mol. The first-order valence-corrected chi connectivity index (χ1v) is 7.83. The quantitative estimate of drug-likeness (QED) is 0.914. The fourth-order valence-electron chi connectivity index (χ4n) is 2.84. The molecule has 0 amide bonds. The van der Waals surface area contributed by atoms with Gasteiger partial charge in [-0.15, -0.1) is 12.4 Å². The first-order valence-electron chi connectivity index (χ1n) is 7.45. The third-order valence-electron chi connectivity index (χ3n) is 4.06. The Bertz CT molecular complexity index is 624. The Morgan fingerprint density at radius 3 is 2.96 bits per heavy atom. The highest BCUT2D eigenvalue weighted by Gasteiger charge is 2.24. The van der Waals surface area contributed by atoms with Crippen molar-refractivity contribution in [2.24, 2.45) is 0 Å². The smallest absolute Gasteiger partial charge is 0.120 e. The standard InChI is InChI=1S/C17H20ClN3O.ClH/c1-22-15-5-4-14(16(18)9-15)12-21-8-7-20-11-17(21)13-3-2-6-19-10-13;/h2-6,9-10,17,20H,7-8,11-12H2,1H3;1H. The molecule has 4 nitrogen and oxygen atoms in total. The van der Waals surface area contributed by atoms with E-state index in [4.69, 9.17) is 16.3 Å². The molecule has 23 heavy (non-hydrogen) atoms. The fourth-order valence-corrected chi connectivity index (χ4v) is 3.07. The lowest BCUT2D eigenvalue weighted by molar-refractivity contribution is 0.153. The Kier molecular flexibility index (Phi) is 6.66. The summed E-state index contributed by atoms with van der Waals surface area (Å²) in [6.07, 6.45) is 3.75. The minimum absolute atomic E-state index is 0. The zero-order valence-corrected chi connectivity index (χ0v) is 14.6. The maximum Gasteiger partial charge on any atom is 0.120 e. The van der Waals surface area contributed by atoms with E-state index in [1.54, 1.807) is 7.11 Å². The summed E-state index contributed by atoms with van der Waals surface area (Å²) in [6, 6.07) is 10.3. The van der Waals surface area contributed by atoms with Crippen LogP contribution in [0.15, 0.2) is 42.7 Å². The van der Waals surface area contributed by atoms with E-state index in [0.717, 1.165) is 42.5 Å². The van der Waals surface area contributed by atoms with Crippen LogP contribution in [0.1, 0.15) is 17.2 Å². The van der Waals surface area contributed by atoms with Crippen molar-refractivity contribution in [2.45, 2.75) is 12.6 Å². The number of rotatable bonds is 4. The average molecular weight is 354 g/mol. The molecular formula is C17H21Cl2N3O. The molecule has 0 spiro atoms. The lowest BCUT2D eigenvalue weighted by Gasteiger charge is -2.36. The van der Waals surface area contributed by atoms with Gasteiger partial charge in [0.25, 0.3) is 0 Å². The minimum Gasteiger partial charge on any atom is -0.497 e. The van der Waals surface area contributed by atoms with Gasteiger partial charge in [0.05, 0.1) is 7.11 Å². The van der Waals surface area contributed by atoms with Crippen LogP contribution >= 0.6 is 24.0 Å². The molecule has 0 aliphatic carbocycles. The van der Waals surface area contributed by atoms with E-state index in [1.165, 1.54) is 5.56 Å². The summed E-state index contributed by atoms with van der Waals surface area (Å²) in [5, 5.41) is 4.21. The van der Waals surface area contributed by atoms with Crippen molar-refractivity contribution in [3.05, 3.63) is 58.9 Å². The first kappa shape index (κ1) is 18.0. The van der Waals surface area contributed by atoms with Gasteiger partial charge in [-0.05, 0) is 29.3 Å². The van der Waals surface area contributed by atoms with Gasteiger partial charge in [-0.25, -0.2) is 0 Å². The number of benzene rings is 1. The van der Waals surface area contributed by atoms with Crippen molar-refractivity contribution in [1.29, 1.82) is 0 Å². The molecule has 6 heteroatoms. The number of nitrogens with one attached hydrogen (secondary N) is 1. The Balaban J connectivity index is 0.00000192. The summed E-state index contributed by atoms with van der Waals surface area (Å²) >= 11 is 6.39. The summed E-state index contributed by atoms with van der Waals surface area (Å²) in [5.41, 5.74) is 2.36. The van der Waals surface area contributed by atoms with Crippen LogP contribution in [0.2, 0.25) is 5.02 Å². The summed E-state index contributed by atoms with van der Waals surface area (Å²) < 4.78 is 5.21. The van der Waals surface area contributed by atoms with Gasteiger partial charge in [-0.1, -0.05) is 23.7 Å². The molecule has 1 saturated heterocycles. The van der Waals surface area contributed by atoms with E-state index in [9.17, 15) is 0 Å². The largest absolute Gasteiger partial charge is 0.497 e. The Hall–Kier alpha value is -1.33. The van der Waals surface area contributed by atoms with Crippen LogP contribution in [-0.2, 0) is 6.54 Å². The van der Waals surface area contributed by atoms with Crippen LogP contribution in [0, 0.1) is 0 Å². The first-order chi connectivity index (χ1) is 10.8. The number of hydrogen-bond acceptors (Lipinski definition) is 4. The number of pyridine rings is 1. The molecule has 0 saturated carbocycles. The maximum absolute atomic E-state index is 6.39. The average Bonchev–Trinajstić information content (AvgIpc) is 2.58. The van der Waals surface area contributed by atoms with Crippen LogP contribution in [0.5, 0.6) is 5.75 Å². The van der Waals surface area contributed by atoms with E-state index in [0.29, 0.717) is 6.04 Å². The Labute approximate surface area is 148 Å². The number of nitrogens with zero attached hydrogens (tertiary/aromatic N) is 2. The van der Waals surface area contributed by atoms with Crippen molar-refractivity contribution in [3.63, 3.8) is 0 Å². The zero-order valence-electron chi connectivity index (χ0n) is 13.0. The SMILES string of the molecule is COc1ccc(CN2CCNCC2c2cccnc2)c(Cl)c1.Cl. The lowest BCUT2D eigenvalue weighted by Crippen LogP contribution is -2.45. The highest BCUT2D eigenvalue weighted by molar-refractivity contribution is 6.31.